The normalized spacial score (nSPS) is 15.4. The molecule has 9 heteroatoms. The van der Waals surface area contributed by atoms with E-state index in [1.165, 1.54) is 7.11 Å². The summed E-state index contributed by atoms with van der Waals surface area (Å²) in [6.45, 7) is 5.85. The lowest BCUT2D eigenvalue weighted by Crippen LogP contribution is -2.25. The number of carbonyl (C=O) groups is 1. The molecule has 0 aliphatic carbocycles. The minimum atomic E-state index is -0.175. The van der Waals surface area contributed by atoms with E-state index in [0.717, 1.165) is 16.8 Å². The number of nitrogens with one attached hydrogen (secondary N) is 1. The van der Waals surface area contributed by atoms with E-state index in [1.54, 1.807) is 23.9 Å². The molecule has 1 aromatic carbocycles. The van der Waals surface area contributed by atoms with E-state index in [2.05, 4.69) is 20.6 Å². The molecule has 3 aromatic rings. The Morgan fingerprint density at radius 2 is 1.90 bits per heavy atom. The van der Waals surface area contributed by atoms with Crippen molar-refractivity contribution in [2.75, 3.05) is 19.5 Å². The summed E-state index contributed by atoms with van der Waals surface area (Å²) < 4.78 is 18.1. The molecule has 1 atom stereocenters. The first kappa shape index (κ1) is 20.6. The number of rotatable bonds is 6. The Balaban J connectivity index is 1.78. The second-order valence-corrected chi connectivity index (χ2v) is 7.58. The summed E-state index contributed by atoms with van der Waals surface area (Å²) in [5, 5.41) is 15.8. The molecule has 162 valence electrons. The van der Waals surface area contributed by atoms with Crippen LogP contribution in [0.3, 0.4) is 0 Å². The molecular formula is C22H25N5O4. The van der Waals surface area contributed by atoms with Crippen LogP contribution in [0.25, 0.3) is 5.82 Å². The molecule has 3 heterocycles. The fourth-order valence-corrected chi connectivity index (χ4v) is 3.78. The summed E-state index contributed by atoms with van der Waals surface area (Å²) in [5.74, 6) is 2.52. The molecule has 0 fully saturated rings. The second kappa shape index (κ2) is 8.25. The van der Waals surface area contributed by atoms with Crippen molar-refractivity contribution in [2.24, 2.45) is 0 Å². The van der Waals surface area contributed by atoms with Crippen molar-refractivity contribution >= 4 is 11.7 Å². The Labute approximate surface area is 180 Å². The van der Waals surface area contributed by atoms with Crippen LogP contribution in [-0.4, -0.2) is 46.2 Å². The van der Waals surface area contributed by atoms with Gasteiger partial charge in [0.15, 0.2) is 17.3 Å². The highest BCUT2D eigenvalue weighted by Crippen LogP contribution is 2.42. The highest BCUT2D eigenvalue weighted by molar-refractivity contribution is 5.95. The third-order valence-electron chi connectivity index (χ3n) is 5.11. The largest absolute Gasteiger partial charge is 0.493 e. The van der Waals surface area contributed by atoms with Crippen LogP contribution in [0.4, 0.5) is 5.82 Å². The maximum atomic E-state index is 12.6. The predicted molar refractivity (Wildman–Crippen MR) is 114 cm³/mol. The number of fused-ring (bicyclic) bond motifs is 1. The Morgan fingerprint density at radius 3 is 2.55 bits per heavy atom. The van der Waals surface area contributed by atoms with E-state index in [4.69, 9.17) is 14.2 Å². The number of aromatic nitrogens is 4. The lowest BCUT2D eigenvalue weighted by molar-refractivity contribution is -0.116. The number of aryl methyl sites for hydroxylation is 1. The summed E-state index contributed by atoms with van der Waals surface area (Å²) in [4.78, 5) is 12.6. The first-order valence-corrected chi connectivity index (χ1v) is 10.0. The Morgan fingerprint density at radius 1 is 1.10 bits per heavy atom. The van der Waals surface area contributed by atoms with Gasteiger partial charge < -0.3 is 19.5 Å². The smallest absolute Gasteiger partial charge is 0.233 e. The minimum absolute atomic E-state index is 0.0258. The molecule has 31 heavy (non-hydrogen) atoms. The number of amides is 1. The molecule has 2 aromatic heterocycles. The van der Waals surface area contributed by atoms with Gasteiger partial charge in [0, 0.05) is 24.0 Å². The first-order valence-electron chi connectivity index (χ1n) is 10.0. The average Bonchev–Trinajstić information content (AvgIpc) is 3.09. The van der Waals surface area contributed by atoms with Crippen molar-refractivity contribution in [1.82, 2.24) is 20.0 Å². The molecule has 0 spiro atoms. The molecule has 0 radical (unpaired) electrons. The summed E-state index contributed by atoms with van der Waals surface area (Å²) in [6, 6.07) is 9.22. The molecule has 1 aliphatic heterocycles. The van der Waals surface area contributed by atoms with Gasteiger partial charge in [-0.05, 0) is 44.5 Å². The average molecular weight is 423 g/mol. The van der Waals surface area contributed by atoms with Gasteiger partial charge in [0.1, 0.15) is 5.82 Å². The Bertz CT molecular complexity index is 1110. The molecule has 4 rings (SSSR count). The van der Waals surface area contributed by atoms with Gasteiger partial charge in [0.25, 0.3) is 0 Å². The third-order valence-corrected chi connectivity index (χ3v) is 5.11. The minimum Gasteiger partial charge on any atom is -0.493 e. The van der Waals surface area contributed by atoms with E-state index in [-0.39, 0.29) is 17.9 Å². The van der Waals surface area contributed by atoms with Crippen molar-refractivity contribution in [3.8, 4) is 23.2 Å². The SMILES string of the molecule is COc1ccc(-n2nc(C)c3c2NC(=O)C[C@H]3c2ccc(OC(C)C)c(OC)c2)nn1. The van der Waals surface area contributed by atoms with Gasteiger partial charge >= 0.3 is 0 Å². The van der Waals surface area contributed by atoms with Crippen LogP contribution in [0.1, 0.15) is 43.0 Å². The maximum Gasteiger partial charge on any atom is 0.233 e. The number of methoxy groups -OCH3 is 2. The van der Waals surface area contributed by atoms with Crippen molar-refractivity contribution in [3.63, 3.8) is 0 Å². The number of benzene rings is 1. The topological polar surface area (TPSA) is 100 Å². The van der Waals surface area contributed by atoms with Gasteiger partial charge in [-0.15, -0.1) is 10.2 Å². The van der Waals surface area contributed by atoms with Crippen LogP contribution >= 0.6 is 0 Å². The van der Waals surface area contributed by atoms with Crippen LogP contribution in [0, 0.1) is 6.92 Å². The standard InChI is InChI=1S/C22H25N5O4/c1-12(2)31-16-7-6-14(10-17(16)29-4)15-11-19(28)23-22-21(15)13(3)26-27(22)18-8-9-20(30-5)25-24-18/h6-10,12,15H,11H2,1-5H3,(H,23,28)/t15-/m0/s1. The monoisotopic (exact) mass is 423 g/mol. The first-order chi connectivity index (χ1) is 14.9. The fourth-order valence-electron chi connectivity index (χ4n) is 3.78. The highest BCUT2D eigenvalue weighted by Gasteiger charge is 2.33. The quantitative estimate of drug-likeness (QED) is 0.649. The van der Waals surface area contributed by atoms with Gasteiger partial charge in [-0.3, -0.25) is 4.79 Å². The van der Waals surface area contributed by atoms with Crippen LogP contribution in [0.15, 0.2) is 30.3 Å². The molecule has 9 nitrogen and oxygen atoms in total. The van der Waals surface area contributed by atoms with Gasteiger partial charge in [-0.25, -0.2) is 0 Å². The maximum absolute atomic E-state index is 12.6. The lowest BCUT2D eigenvalue weighted by Gasteiger charge is -2.25. The zero-order chi connectivity index (χ0) is 22.1. The number of hydrogen-bond acceptors (Lipinski definition) is 7. The number of carbonyl (C=O) groups excluding carboxylic acids is 1. The molecule has 1 amide bonds. The Kier molecular flexibility index (Phi) is 5.50. The van der Waals surface area contributed by atoms with Crippen molar-refractivity contribution in [3.05, 3.63) is 47.2 Å². The lowest BCUT2D eigenvalue weighted by atomic mass is 9.85. The number of nitrogens with zero attached hydrogens (tertiary/aromatic N) is 4. The second-order valence-electron chi connectivity index (χ2n) is 7.58. The van der Waals surface area contributed by atoms with Crippen LogP contribution < -0.4 is 19.5 Å². The predicted octanol–water partition coefficient (Wildman–Crippen LogP) is 3.25. The van der Waals surface area contributed by atoms with Crippen LogP contribution in [0.5, 0.6) is 17.4 Å². The zero-order valence-corrected chi connectivity index (χ0v) is 18.2. The Hall–Kier alpha value is -3.62. The molecule has 0 unspecified atom stereocenters. The molecule has 1 N–H and O–H groups in total. The summed E-state index contributed by atoms with van der Waals surface area (Å²) in [7, 11) is 3.14. The molecular weight excluding hydrogens is 398 g/mol. The summed E-state index contributed by atoms with van der Waals surface area (Å²) >= 11 is 0. The number of hydrogen-bond donors (Lipinski definition) is 1. The van der Waals surface area contributed by atoms with Gasteiger partial charge in [-0.1, -0.05) is 6.07 Å². The number of anilines is 1. The fraction of sp³-hybridized carbons (Fsp3) is 0.364. The van der Waals surface area contributed by atoms with E-state index < -0.39 is 0 Å². The molecule has 0 saturated heterocycles. The van der Waals surface area contributed by atoms with E-state index >= 15 is 0 Å². The third kappa shape index (κ3) is 3.90. The highest BCUT2D eigenvalue weighted by atomic mass is 16.5. The van der Waals surface area contributed by atoms with Gasteiger partial charge in [-0.2, -0.15) is 9.78 Å². The van der Waals surface area contributed by atoms with Crippen molar-refractivity contribution in [2.45, 2.75) is 39.2 Å². The number of ether oxygens (including phenoxy) is 3. The van der Waals surface area contributed by atoms with E-state index in [1.807, 2.05) is 39.0 Å². The van der Waals surface area contributed by atoms with E-state index in [9.17, 15) is 4.79 Å². The molecule has 0 bridgehead atoms. The van der Waals surface area contributed by atoms with Gasteiger partial charge in [0.05, 0.1) is 26.0 Å². The van der Waals surface area contributed by atoms with Gasteiger partial charge in [0.2, 0.25) is 11.8 Å². The summed E-state index contributed by atoms with van der Waals surface area (Å²) in [5.41, 5.74) is 2.70. The molecule has 1 aliphatic rings. The molecule has 0 saturated carbocycles. The van der Waals surface area contributed by atoms with Crippen molar-refractivity contribution < 1.29 is 19.0 Å². The van der Waals surface area contributed by atoms with Crippen LogP contribution in [-0.2, 0) is 4.79 Å². The van der Waals surface area contributed by atoms with Crippen molar-refractivity contribution in [1.29, 1.82) is 0 Å². The van der Waals surface area contributed by atoms with E-state index in [0.29, 0.717) is 35.4 Å². The zero-order valence-electron chi connectivity index (χ0n) is 18.2. The van der Waals surface area contributed by atoms with Crippen LogP contribution in [0.2, 0.25) is 0 Å². The summed E-state index contributed by atoms with van der Waals surface area (Å²) in [6.07, 6.45) is 0.333.